The summed E-state index contributed by atoms with van der Waals surface area (Å²) in [5.41, 5.74) is 6.79. The van der Waals surface area contributed by atoms with Gasteiger partial charge in [0.25, 0.3) is 5.91 Å². The van der Waals surface area contributed by atoms with Crippen LogP contribution in [-0.4, -0.2) is 24.3 Å². The van der Waals surface area contributed by atoms with Crippen LogP contribution in [-0.2, 0) is 0 Å². The van der Waals surface area contributed by atoms with Gasteiger partial charge < -0.3 is 11.1 Å². The number of rotatable bonds is 6. The van der Waals surface area contributed by atoms with Crippen molar-refractivity contribution in [3.8, 4) is 0 Å². The molecule has 130 valence electrons. The number of benzene rings is 2. The van der Waals surface area contributed by atoms with Crippen LogP contribution in [0, 0.1) is 5.92 Å². The maximum absolute atomic E-state index is 12.8. The Bertz CT molecular complexity index is 819. The minimum atomic E-state index is -0.286. The average molecular weight is 377 g/mol. The maximum Gasteiger partial charge on any atom is 0.252 e. The van der Waals surface area contributed by atoms with E-state index in [1.54, 1.807) is 36.4 Å². The first-order valence-electron chi connectivity index (χ1n) is 8.11. The maximum atomic E-state index is 12.8. The molecule has 0 radical (unpaired) electrons. The topological polar surface area (TPSA) is 72.2 Å². The van der Waals surface area contributed by atoms with E-state index in [0.29, 0.717) is 39.2 Å². The van der Waals surface area contributed by atoms with Crippen molar-refractivity contribution >= 4 is 34.9 Å². The third kappa shape index (κ3) is 4.03. The van der Waals surface area contributed by atoms with Crippen LogP contribution in [0.1, 0.15) is 39.1 Å². The third-order valence-corrected chi connectivity index (χ3v) is 5.10. The lowest BCUT2D eigenvalue weighted by Crippen LogP contribution is -2.42. The lowest BCUT2D eigenvalue weighted by atomic mass is 9.97. The molecule has 1 unspecified atom stereocenters. The van der Waals surface area contributed by atoms with Crippen molar-refractivity contribution in [3.63, 3.8) is 0 Å². The molecule has 0 aromatic heterocycles. The first kappa shape index (κ1) is 17.9. The van der Waals surface area contributed by atoms with Crippen LogP contribution in [0.25, 0.3) is 0 Å². The molecule has 25 heavy (non-hydrogen) atoms. The lowest BCUT2D eigenvalue weighted by Gasteiger charge is -2.17. The zero-order valence-corrected chi connectivity index (χ0v) is 15.0. The molecule has 1 atom stereocenters. The van der Waals surface area contributed by atoms with Gasteiger partial charge in [-0.05, 0) is 43.0 Å². The second-order valence-corrected chi connectivity index (χ2v) is 6.97. The normalized spacial score (nSPS) is 14.8. The highest BCUT2D eigenvalue weighted by molar-refractivity contribution is 6.42. The molecule has 1 aliphatic carbocycles. The van der Waals surface area contributed by atoms with Crippen LogP contribution in [0.3, 0.4) is 0 Å². The molecular weight excluding hydrogens is 359 g/mol. The molecule has 1 aliphatic rings. The summed E-state index contributed by atoms with van der Waals surface area (Å²) >= 11 is 11.9. The van der Waals surface area contributed by atoms with Gasteiger partial charge in [-0.25, -0.2) is 0 Å². The Morgan fingerprint density at radius 2 is 1.76 bits per heavy atom. The summed E-state index contributed by atoms with van der Waals surface area (Å²) in [5, 5.41) is 3.62. The molecule has 2 aromatic rings. The van der Waals surface area contributed by atoms with E-state index in [-0.39, 0.29) is 17.7 Å². The van der Waals surface area contributed by atoms with E-state index in [4.69, 9.17) is 28.9 Å². The third-order valence-electron chi connectivity index (χ3n) is 4.36. The SMILES string of the molecule is NCC(NC(=O)c1ccccc1C(=O)c1ccc(Cl)c(Cl)c1)C1CC1. The summed E-state index contributed by atoms with van der Waals surface area (Å²) in [5.74, 6) is -0.127. The first-order chi connectivity index (χ1) is 12.0. The predicted octanol–water partition coefficient (Wildman–Crippen LogP) is 3.69. The number of amides is 1. The molecule has 3 rings (SSSR count). The van der Waals surface area contributed by atoms with Crippen molar-refractivity contribution in [2.75, 3.05) is 6.54 Å². The van der Waals surface area contributed by atoms with Gasteiger partial charge in [-0.3, -0.25) is 9.59 Å². The van der Waals surface area contributed by atoms with E-state index < -0.39 is 0 Å². The number of carbonyl (C=O) groups is 2. The minimum Gasteiger partial charge on any atom is -0.348 e. The summed E-state index contributed by atoms with van der Waals surface area (Å²) in [6.07, 6.45) is 2.15. The summed E-state index contributed by atoms with van der Waals surface area (Å²) in [6, 6.07) is 11.3. The van der Waals surface area contributed by atoms with Gasteiger partial charge in [0.1, 0.15) is 0 Å². The molecule has 0 spiro atoms. The number of halogens is 2. The van der Waals surface area contributed by atoms with Crippen LogP contribution >= 0.6 is 23.2 Å². The molecular formula is C19H18Cl2N2O2. The van der Waals surface area contributed by atoms with Crippen molar-refractivity contribution < 1.29 is 9.59 Å². The van der Waals surface area contributed by atoms with E-state index >= 15 is 0 Å². The van der Waals surface area contributed by atoms with Crippen LogP contribution in [0.15, 0.2) is 42.5 Å². The molecule has 1 fully saturated rings. The van der Waals surface area contributed by atoms with Crippen molar-refractivity contribution in [3.05, 3.63) is 69.2 Å². The van der Waals surface area contributed by atoms with Crippen molar-refractivity contribution in [2.24, 2.45) is 11.7 Å². The highest BCUT2D eigenvalue weighted by Crippen LogP contribution is 2.32. The first-order valence-corrected chi connectivity index (χ1v) is 8.86. The summed E-state index contributed by atoms with van der Waals surface area (Å²) in [7, 11) is 0. The number of nitrogens with one attached hydrogen (secondary N) is 1. The standard InChI is InChI=1S/C19H18Cl2N2O2/c20-15-8-7-12(9-16(15)21)18(24)13-3-1-2-4-14(13)19(25)23-17(10-22)11-5-6-11/h1-4,7-9,11,17H,5-6,10,22H2,(H,23,25). The van der Waals surface area contributed by atoms with Gasteiger partial charge in [0.15, 0.2) is 5.78 Å². The number of carbonyl (C=O) groups excluding carboxylic acids is 2. The monoisotopic (exact) mass is 376 g/mol. The Morgan fingerprint density at radius 1 is 1.08 bits per heavy atom. The number of hydrogen-bond donors (Lipinski definition) is 2. The molecule has 0 bridgehead atoms. The van der Waals surface area contributed by atoms with Gasteiger partial charge in [0.2, 0.25) is 0 Å². The smallest absolute Gasteiger partial charge is 0.252 e. The fourth-order valence-electron chi connectivity index (χ4n) is 2.79. The fourth-order valence-corrected chi connectivity index (χ4v) is 3.08. The Hall–Kier alpha value is -1.88. The van der Waals surface area contributed by atoms with Gasteiger partial charge >= 0.3 is 0 Å². The van der Waals surface area contributed by atoms with Gasteiger partial charge in [-0.2, -0.15) is 0 Å². The summed E-state index contributed by atoms with van der Waals surface area (Å²) in [4.78, 5) is 25.5. The number of hydrogen-bond acceptors (Lipinski definition) is 3. The Balaban J connectivity index is 1.88. The van der Waals surface area contributed by atoms with E-state index in [2.05, 4.69) is 5.32 Å². The quantitative estimate of drug-likeness (QED) is 0.755. The summed E-state index contributed by atoms with van der Waals surface area (Å²) < 4.78 is 0. The van der Waals surface area contributed by atoms with E-state index in [9.17, 15) is 9.59 Å². The second-order valence-electron chi connectivity index (χ2n) is 6.16. The molecule has 0 saturated heterocycles. The molecule has 1 amide bonds. The Labute approximate surface area is 156 Å². The number of ketones is 1. The fraction of sp³-hybridized carbons (Fsp3) is 0.263. The van der Waals surface area contributed by atoms with Crippen LogP contribution in [0.4, 0.5) is 0 Å². The zero-order valence-electron chi connectivity index (χ0n) is 13.5. The summed E-state index contributed by atoms with van der Waals surface area (Å²) in [6.45, 7) is 0.388. The van der Waals surface area contributed by atoms with E-state index in [1.807, 2.05) is 0 Å². The molecule has 0 aliphatic heterocycles. The van der Waals surface area contributed by atoms with Crippen molar-refractivity contribution in [2.45, 2.75) is 18.9 Å². The van der Waals surface area contributed by atoms with Gasteiger partial charge in [-0.15, -0.1) is 0 Å². The van der Waals surface area contributed by atoms with E-state index in [0.717, 1.165) is 12.8 Å². The molecule has 0 heterocycles. The highest BCUT2D eigenvalue weighted by Gasteiger charge is 2.32. The number of nitrogens with two attached hydrogens (primary N) is 1. The van der Waals surface area contributed by atoms with Crippen LogP contribution < -0.4 is 11.1 Å². The van der Waals surface area contributed by atoms with Crippen molar-refractivity contribution in [1.29, 1.82) is 0 Å². The molecule has 1 saturated carbocycles. The molecule has 2 aromatic carbocycles. The molecule has 4 nitrogen and oxygen atoms in total. The molecule has 3 N–H and O–H groups in total. The predicted molar refractivity (Wildman–Crippen MR) is 99.4 cm³/mol. The van der Waals surface area contributed by atoms with Crippen molar-refractivity contribution in [1.82, 2.24) is 5.32 Å². The average Bonchev–Trinajstić information content (AvgIpc) is 3.46. The minimum absolute atomic E-state index is 0.0550. The lowest BCUT2D eigenvalue weighted by molar-refractivity contribution is 0.0923. The molecule has 6 heteroatoms. The Morgan fingerprint density at radius 3 is 2.36 bits per heavy atom. The second kappa shape index (κ2) is 7.56. The highest BCUT2D eigenvalue weighted by atomic mass is 35.5. The van der Waals surface area contributed by atoms with E-state index in [1.165, 1.54) is 6.07 Å². The van der Waals surface area contributed by atoms with Crippen LogP contribution in [0.2, 0.25) is 10.0 Å². The zero-order chi connectivity index (χ0) is 18.0. The van der Waals surface area contributed by atoms with Gasteiger partial charge in [0.05, 0.1) is 15.6 Å². The van der Waals surface area contributed by atoms with Crippen LogP contribution in [0.5, 0.6) is 0 Å². The largest absolute Gasteiger partial charge is 0.348 e. The Kier molecular flexibility index (Phi) is 5.42. The van der Waals surface area contributed by atoms with Gasteiger partial charge in [0, 0.05) is 23.7 Å². The van der Waals surface area contributed by atoms with Gasteiger partial charge in [-0.1, -0.05) is 41.4 Å².